The Kier molecular flexibility index (Phi) is 5.81. The molecule has 0 spiro atoms. The van der Waals surface area contributed by atoms with Crippen molar-refractivity contribution in [2.45, 2.75) is 44.0 Å². The summed E-state index contributed by atoms with van der Waals surface area (Å²) in [5.74, 6) is -1.60. The van der Waals surface area contributed by atoms with Crippen LogP contribution >= 0.6 is 0 Å². The number of benzene rings is 1. The molecule has 138 valence electrons. The summed E-state index contributed by atoms with van der Waals surface area (Å²) >= 11 is 0. The first-order chi connectivity index (χ1) is 11.6. The fourth-order valence-corrected chi connectivity index (χ4v) is 4.18. The lowest BCUT2D eigenvalue weighted by Gasteiger charge is -2.34. The first kappa shape index (κ1) is 19.4. The number of nitrogens with two attached hydrogens (primary N) is 1. The Morgan fingerprint density at radius 2 is 1.88 bits per heavy atom. The smallest absolute Gasteiger partial charge is 0.338 e. The van der Waals surface area contributed by atoms with Gasteiger partial charge in [-0.25, -0.2) is 13.2 Å². The van der Waals surface area contributed by atoms with Crippen LogP contribution in [0.1, 0.15) is 31.1 Å². The second-order valence-electron chi connectivity index (χ2n) is 6.06. The standard InChI is InChI=1S/C16H22N2O6S/c1-10-8-18(9-11(2)23-10)25(21,22)14-6-4-5-13(7-14)16(20)24-12(3)15(17)19/h4-7,10-12H,8-9H2,1-3H3,(H2,17,19)/t10-,11-,12-/m0/s1. The van der Waals surface area contributed by atoms with E-state index in [0.29, 0.717) is 0 Å². The van der Waals surface area contributed by atoms with Crippen LogP contribution < -0.4 is 5.73 Å². The lowest BCUT2D eigenvalue weighted by Crippen LogP contribution is -2.48. The Labute approximate surface area is 146 Å². The number of sulfonamides is 1. The lowest BCUT2D eigenvalue weighted by molar-refractivity contribution is -0.125. The van der Waals surface area contributed by atoms with Gasteiger partial charge in [-0.3, -0.25) is 4.79 Å². The normalized spacial score (nSPS) is 23.0. The Morgan fingerprint density at radius 1 is 1.28 bits per heavy atom. The topological polar surface area (TPSA) is 116 Å². The van der Waals surface area contributed by atoms with Gasteiger partial charge in [-0.15, -0.1) is 0 Å². The van der Waals surface area contributed by atoms with Crippen LogP contribution in [0.2, 0.25) is 0 Å². The Balaban J connectivity index is 2.25. The molecule has 0 saturated carbocycles. The van der Waals surface area contributed by atoms with Crippen LogP contribution in [-0.2, 0) is 24.3 Å². The van der Waals surface area contributed by atoms with Crippen LogP contribution in [0, 0.1) is 0 Å². The molecule has 2 N–H and O–H groups in total. The third-order valence-corrected chi connectivity index (χ3v) is 5.61. The number of carbonyl (C=O) groups excluding carboxylic acids is 2. The van der Waals surface area contributed by atoms with Crippen molar-refractivity contribution < 1.29 is 27.5 Å². The molecule has 1 aromatic rings. The first-order valence-corrected chi connectivity index (χ1v) is 9.31. The van der Waals surface area contributed by atoms with Gasteiger partial charge in [0.15, 0.2) is 6.10 Å². The summed E-state index contributed by atoms with van der Waals surface area (Å²) in [6, 6.07) is 5.51. The molecule has 1 aromatic carbocycles. The number of primary amides is 1. The van der Waals surface area contributed by atoms with E-state index in [9.17, 15) is 18.0 Å². The monoisotopic (exact) mass is 370 g/mol. The van der Waals surface area contributed by atoms with Gasteiger partial charge in [0, 0.05) is 13.1 Å². The molecule has 25 heavy (non-hydrogen) atoms. The molecule has 8 nitrogen and oxygen atoms in total. The average molecular weight is 370 g/mol. The fourth-order valence-electron chi connectivity index (χ4n) is 2.55. The summed E-state index contributed by atoms with van der Waals surface area (Å²) in [6.07, 6.45) is -1.54. The SMILES string of the molecule is C[C@H](OC(=O)c1cccc(S(=O)(=O)N2C[C@H](C)O[C@@H](C)C2)c1)C(N)=O. The summed E-state index contributed by atoms with van der Waals surface area (Å²) in [7, 11) is -3.77. The quantitative estimate of drug-likeness (QED) is 0.755. The number of nitrogens with zero attached hydrogens (tertiary/aromatic N) is 1. The molecule has 1 fully saturated rings. The molecule has 0 aliphatic carbocycles. The van der Waals surface area contributed by atoms with Crippen molar-refractivity contribution in [2.24, 2.45) is 5.73 Å². The molecular formula is C16H22N2O6S. The van der Waals surface area contributed by atoms with E-state index in [1.165, 1.54) is 35.5 Å². The highest BCUT2D eigenvalue weighted by atomic mass is 32.2. The van der Waals surface area contributed by atoms with Gasteiger partial charge in [0.25, 0.3) is 5.91 Å². The zero-order valence-electron chi connectivity index (χ0n) is 14.3. The van der Waals surface area contributed by atoms with Crippen LogP contribution in [0.5, 0.6) is 0 Å². The fraction of sp³-hybridized carbons (Fsp3) is 0.500. The van der Waals surface area contributed by atoms with E-state index in [2.05, 4.69) is 0 Å². The summed E-state index contributed by atoms with van der Waals surface area (Å²) < 4.78 is 37.4. The predicted octanol–water partition coefficient (Wildman–Crippen LogP) is 0.515. The van der Waals surface area contributed by atoms with Gasteiger partial charge in [-0.2, -0.15) is 4.31 Å². The largest absolute Gasteiger partial charge is 0.449 e. The van der Waals surface area contributed by atoms with Gasteiger partial charge < -0.3 is 15.2 Å². The zero-order valence-corrected chi connectivity index (χ0v) is 15.2. The maximum absolute atomic E-state index is 12.8. The molecule has 1 heterocycles. The van der Waals surface area contributed by atoms with Crippen molar-refractivity contribution in [3.05, 3.63) is 29.8 Å². The van der Waals surface area contributed by atoms with Crippen molar-refractivity contribution >= 4 is 21.9 Å². The van der Waals surface area contributed by atoms with Crippen molar-refractivity contribution in [1.82, 2.24) is 4.31 Å². The highest BCUT2D eigenvalue weighted by molar-refractivity contribution is 7.89. The summed E-state index contributed by atoms with van der Waals surface area (Å²) in [6.45, 7) is 5.42. The van der Waals surface area contributed by atoms with Gasteiger partial charge in [-0.05, 0) is 39.0 Å². The number of esters is 1. The summed E-state index contributed by atoms with van der Waals surface area (Å²) in [5.41, 5.74) is 5.09. The molecule has 0 radical (unpaired) electrons. The molecule has 1 aliphatic heterocycles. The highest BCUT2D eigenvalue weighted by Gasteiger charge is 2.32. The van der Waals surface area contributed by atoms with Crippen molar-refractivity contribution in [1.29, 1.82) is 0 Å². The number of rotatable bonds is 5. The van der Waals surface area contributed by atoms with Crippen molar-refractivity contribution in [3.63, 3.8) is 0 Å². The molecule has 9 heteroatoms. The minimum atomic E-state index is -3.77. The number of amides is 1. The number of hydrogen-bond donors (Lipinski definition) is 1. The van der Waals surface area contributed by atoms with Crippen molar-refractivity contribution in [2.75, 3.05) is 13.1 Å². The minimum absolute atomic E-state index is 0.0185. The first-order valence-electron chi connectivity index (χ1n) is 7.87. The number of ether oxygens (including phenoxy) is 2. The average Bonchev–Trinajstić information content (AvgIpc) is 2.53. The molecular weight excluding hydrogens is 348 g/mol. The molecule has 1 aliphatic rings. The second-order valence-corrected chi connectivity index (χ2v) is 8.00. The third-order valence-electron chi connectivity index (χ3n) is 3.78. The Bertz CT molecular complexity index is 754. The summed E-state index contributed by atoms with van der Waals surface area (Å²) in [4.78, 5) is 23.0. The number of hydrogen-bond acceptors (Lipinski definition) is 6. The number of morpholine rings is 1. The highest BCUT2D eigenvalue weighted by Crippen LogP contribution is 2.22. The van der Waals surface area contributed by atoms with Crippen LogP contribution in [0.3, 0.4) is 0 Å². The number of carbonyl (C=O) groups is 2. The van der Waals surface area contributed by atoms with Gasteiger partial charge >= 0.3 is 5.97 Å². The van der Waals surface area contributed by atoms with Gasteiger partial charge in [0.2, 0.25) is 10.0 Å². The molecule has 0 unspecified atom stereocenters. The van der Waals surface area contributed by atoms with Gasteiger partial charge in [-0.1, -0.05) is 6.07 Å². The van der Waals surface area contributed by atoms with E-state index in [-0.39, 0.29) is 35.8 Å². The maximum Gasteiger partial charge on any atom is 0.338 e. The van der Waals surface area contributed by atoms with Crippen LogP contribution in [-0.4, -0.2) is 56.0 Å². The van der Waals surface area contributed by atoms with Gasteiger partial charge in [0.1, 0.15) is 0 Å². The van der Waals surface area contributed by atoms with E-state index in [0.717, 1.165) is 0 Å². The maximum atomic E-state index is 12.8. The minimum Gasteiger partial charge on any atom is -0.449 e. The van der Waals surface area contributed by atoms with E-state index >= 15 is 0 Å². The molecule has 3 atom stereocenters. The van der Waals surface area contributed by atoms with Crippen LogP contribution in [0.4, 0.5) is 0 Å². The molecule has 0 bridgehead atoms. The van der Waals surface area contributed by atoms with E-state index in [1.54, 1.807) is 13.8 Å². The zero-order chi connectivity index (χ0) is 18.8. The predicted molar refractivity (Wildman–Crippen MR) is 89.3 cm³/mol. The van der Waals surface area contributed by atoms with Gasteiger partial charge in [0.05, 0.1) is 22.7 Å². The second kappa shape index (κ2) is 7.51. The van der Waals surface area contributed by atoms with Crippen molar-refractivity contribution in [3.8, 4) is 0 Å². The molecule has 0 aromatic heterocycles. The van der Waals surface area contributed by atoms with E-state index in [1.807, 2.05) is 0 Å². The lowest BCUT2D eigenvalue weighted by atomic mass is 10.2. The third kappa shape index (κ3) is 4.56. The van der Waals surface area contributed by atoms with Crippen LogP contribution in [0.15, 0.2) is 29.2 Å². The Morgan fingerprint density at radius 3 is 2.44 bits per heavy atom. The molecule has 2 rings (SSSR count). The van der Waals surface area contributed by atoms with E-state index < -0.39 is 28.0 Å². The molecule has 1 saturated heterocycles. The van der Waals surface area contributed by atoms with E-state index in [4.69, 9.17) is 15.2 Å². The summed E-state index contributed by atoms with van der Waals surface area (Å²) in [5, 5.41) is 0. The Hall–Kier alpha value is -1.97. The molecule has 1 amide bonds. The van der Waals surface area contributed by atoms with Crippen LogP contribution in [0.25, 0.3) is 0 Å².